The van der Waals surface area contributed by atoms with Crippen LogP contribution in [0.4, 0.5) is 0 Å². The van der Waals surface area contributed by atoms with Crippen molar-refractivity contribution in [2.24, 2.45) is 11.3 Å². The number of rotatable bonds is 11. The first-order valence-corrected chi connectivity index (χ1v) is 9.73. The molecule has 1 unspecified atom stereocenters. The van der Waals surface area contributed by atoms with Gasteiger partial charge in [0.1, 0.15) is 11.5 Å². The van der Waals surface area contributed by atoms with Crippen molar-refractivity contribution in [3.8, 4) is 5.75 Å². The average molecular weight is 359 g/mol. The van der Waals surface area contributed by atoms with E-state index in [0.717, 1.165) is 24.3 Å². The standard InChI is InChI=1S/C23H34O3/c1-6-8-9-18(7-2)17-26-21-14-11-19(12-15-21)10-13-20(24)16-22(25)23(3,4)5/h10-15,18H,6-9,16-17H2,1-5H3. The molecular weight excluding hydrogens is 324 g/mol. The molecule has 0 radical (unpaired) electrons. The molecule has 0 N–H and O–H groups in total. The van der Waals surface area contributed by atoms with E-state index in [2.05, 4.69) is 13.8 Å². The summed E-state index contributed by atoms with van der Waals surface area (Å²) in [5.74, 6) is 1.26. The summed E-state index contributed by atoms with van der Waals surface area (Å²) in [5, 5.41) is 0. The summed E-state index contributed by atoms with van der Waals surface area (Å²) in [6.45, 7) is 10.7. The van der Waals surface area contributed by atoms with E-state index >= 15 is 0 Å². The summed E-state index contributed by atoms with van der Waals surface area (Å²) in [4.78, 5) is 23.8. The lowest BCUT2D eigenvalue weighted by molar-refractivity contribution is -0.130. The second kappa shape index (κ2) is 10.9. The maximum atomic E-state index is 11.9. The molecule has 3 heteroatoms. The second-order valence-electron chi connectivity index (χ2n) is 7.95. The summed E-state index contributed by atoms with van der Waals surface area (Å²) in [6, 6.07) is 7.71. The fraction of sp³-hybridized carbons (Fsp3) is 0.565. The highest BCUT2D eigenvalue weighted by Crippen LogP contribution is 2.19. The third-order valence-electron chi connectivity index (χ3n) is 4.54. The number of Topliss-reactive ketones (excluding diaryl/α,β-unsaturated/α-hetero) is 1. The minimum atomic E-state index is -0.476. The summed E-state index contributed by atoms with van der Waals surface area (Å²) in [6.07, 6.45) is 8.00. The maximum absolute atomic E-state index is 11.9. The van der Waals surface area contributed by atoms with E-state index in [4.69, 9.17) is 4.74 Å². The van der Waals surface area contributed by atoms with Crippen molar-refractivity contribution in [3.63, 3.8) is 0 Å². The predicted molar refractivity (Wildman–Crippen MR) is 108 cm³/mol. The highest BCUT2D eigenvalue weighted by atomic mass is 16.5. The van der Waals surface area contributed by atoms with Gasteiger partial charge in [-0.2, -0.15) is 0 Å². The highest BCUT2D eigenvalue weighted by Gasteiger charge is 2.22. The monoisotopic (exact) mass is 358 g/mol. The minimum Gasteiger partial charge on any atom is -0.493 e. The number of carbonyl (C=O) groups excluding carboxylic acids is 2. The molecule has 0 aliphatic rings. The van der Waals surface area contributed by atoms with Crippen LogP contribution in [0, 0.1) is 11.3 Å². The van der Waals surface area contributed by atoms with Gasteiger partial charge in [0.2, 0.25) is 0 Å². The number of benzene rings is 1. The highest BCUT2D eigenvalue weighted by molar-refractivity contribution is 6.07. The molecule has 0 aliphatic heterocycles. The number of hydrogen-bond acceptors (Lipinski definition) is 3. The zero-order valence-electron chi connectivity index (χ0n) is 17.0. The van der Waals surface area contributed by atoms with E-state index in [1.807, 2.05) is 45.0 Å². The number of ketones is 2. The molecule has 26 heavy (non-hydrogen) atoms. The fourth-order valence-electron chi connectivity index (χ4n) is 2.46. The number of hydrogen-bond donors (Lipinski definition) is 0. The largest absolute Gasteiger partial charge is 0.493 e. The van der Waals surface area contributed by atoms with E-state index in [1.165, 1.54) is 25.3 Å². The predicted octanol–water partition coefficient (Wildman–Crippen LogP) is 5.87. The Balaban J connectivity index is 2.51. The van der Waals surface area contributed by atoms with E-state index in [1.54, 1.807) is 6.08 Å². The van der Waals surface area contributed by atoms with E-state index in [9.17, 15) is 9.59 Å². The lowest BCUT2D eigenvalue weighted by atomic mass is 9.88. The van der Waals surface area contributed by atoms with Crippen molar-refractivity contribution in [2.45, 2.75) is 66.7 Å². The van der Waals surface area contributed by atoms with E-state index in [-0.39, 0.29) is 18.0 Å². The normalized spacial score (nSPS) is 13.0. The zero-order chi connectivity index (χ0) is 19.6. The molecule has 1 aromatic carbocycles. The third kappa shape index (κ3) is 8.46. The third-order valence-corrected chi connectivity index (χ3v) is 4.54. The second-order valence-corrected chi connectivity index (χ2v) is 7.95. The molecule has 0 fully saturated rings. The van der Waals surface area contributed by atoms with Gasteiger partial charge in [-0.3, -0.25) is 9.59 Å². The van der Waals surface area contributed by atoms with Crippen LogP contribution in [0.3, 0.4) is 0 Å². The molecular formula is C23H34O3. The Morgan fingerprint density at radius 2 is 1.77 bits per heavy atom. The zero-order valence-corrected chi connectivity index (χ0v) is 17.0. The van der Waals surface area contributed by atoms with Gasteiger partial charge < -0.3 is 4.74 Å². The smallest absolute Gasteiger partial charge is 0.163 e. The number of ether oxygens (including phenoxy) is 1. The molecule has 0 heterocycles. The molecule has 0 spiro atoms. The van der Waals surface area contributed by atoms with Gasteiger partial charge in [0, 0.05) is 5.41 Å². The topological polar surface area (TPSA) is 43.4 Å². The van der Waals surface area contributed by atoms with Gasteiger partial charge >= 0.3 is 0 Å². The lowest BCUT2D eigenvalue weighted by Crippen LogP contribution is -2.22. The molecule has 1 atom stereocenters. The van der Waals surface area contributed by atoms with Crippen molar-refractivity contribution in [1.29, 1.82) is 0 Å². The van der Waals surface area contributed by atoms with Crippen molar-refractivity contribution in [3.05, 3.63) is 35.9 Å². The Hall–Kier alpha value is -1.90. The molecule has 3 nitrogen and oxygen atoms in total. The Morgan fingerprint density at radius 1 is 1.12 bits per heavy atom. The Labute approximate surface area is 158 Å². The van der Waals surface area contributed by atoms with Crippen LogP contribution < -0.4 is 4.74 Å². The van der Waals surface area contributed by atoms with Crippen LogP contribution in [0.2, 0.25) is 0 Å². The van der Waals surface area contributed by atoms with Gasteiger partial charge in [0.25, 0.3) is 0 Å². The lowest BCUT2D eigenvalue weighted by Gasteiger charge is -2.15. The van der Waals surface area contributed by atoms with Gasteiger partial charge in [-0.1, -0.05) is 72.1 Å². The van der Waals surface area contributed by atoms with Crippen LogP contribution in [0.25, 0.3) is 6.08 Å². The van der Waals surface area contributed by atoms with Gasteiger partial charge in [-0.15, -0.1) is 0 Å². The van der Waals surface area contributed by atoms with Crippen LogP contribution in [0.15, 0.2) is 30.3 Å². The molecule has 144 valence electrons. The average Bonchev–Trinajstić information content (AvgIpc) is 2.60. The molecule has 0 bridgehead atoms. The van der Waals surface area contributed by atoms with Crippen molar-refractivity contribution >= 4 is 17.6 Å². The first-order chi connectivity index (χ1) is 12.3. The van der Waals surface area contributed by atoms with Gasteiger partial charge in [-0.25, -0.2) is 0 Å². The first-order valence-electron chi connectivity index (χ1n) is 9.73. The molecule has 1 aromatic rings. The molecule has 0 saturated heterocycles. The van der Waals surface area contributed by atoms with E-state index in [0.29, 0.717) is 5.92 Å². The maximum Gasteiger partial charge on any atom is 0.163 e. The molecule has 1 rings (SSSR count). The van der Waals surface area contributed by atoms with Gasteiger partial charge in [0.05, 0.1) is 13.0 Å². The quantitative estimate of drug-likeness (QED) is 0.367. The SMILES string of the molecule is CCCCC(CC)COc1ccc(C=CC(=O)CC(=O)C(C)(C)C)cc1. The van der Waals surface area contributed by atoms with Crippen LogP contribution in [0.1, 0.15) is 72.3 Å². The van der Waals surface area contributed by atoms with Crippen molar-refractivity contribution in [1.82, 2.24) is 0 Å². The van der Waals surface area contributed by atoms with Crippen LogP contribution in [-0.2, 0) is 9.59 Å². The molecule has 0 aliphatic carbocycles. The Bertz CT molecular complexity index is 591. The van der Waals surface area contributed by atoms with Crippen LogP contribution >= 0.6 is 0 Å². The molecule has 0 aromatic heterocycles. The number of allylic oxidation sites excluding steroid dienone is 1. The number of carbonyl (C=O) groups is 2. The fourth-order valence-corrected chi connectivity index (χ4v) is 2.46. The summed E-state index contributed by atoms with van der Waals surface area (Å²) in [5.41, 5.74) is 0.447. The molecule has 0 saturated carbocycles. The first kappa shape index (κ1) is 22.1. The van der Waals surface area contributed by atoms with Crippen molar-refractivity contribution < 1.29 is 14.3 Å². The van der Waals surface area contributed by atoms with Crippen LogP contribution in [-0.4, -0.2) is 18.2 Å². The molecule has 0 amide bonds. The summed E-state index contributed by atoms with van der Waals surface area (Å²) >= 11 is 0. The summed E-state index contributed by atoms with van der Waals surface area (Å²) < 4.78 is 5.89. The minimum absolute atomic E-state index is 0.0375. The van der Waals surface area contributed by atoms with Crippen LogP contribution in [0.5, 0.6) is 5.75 Å². The van der Waals surface area contributed by atoms with Gasteiger partial charge in [-0.05, 0) is 36.1 Å². The number of unbranched alkanes of at least 4 members (excludes halogenated alkanes) is 1. The van der Waals surface area contributed by atoms with Crippen molar-refractivity contribution in [2.75, 3.05) is 6.61 Å². The van der Waals surface area contributed by atoms with E-state index < -0.39 is 5.41 Å². The Morgan fingerprint density at radius 3 is 2.31 bits per heavy atom. The van der Waals surface area contributed by atoms with Gasteiger partial charge in [0.15, 0.2) is 5.78 Å². The summed E-state index contributed by atoms with van der Waals surface area (Å²) in [7, 11) is 0. The Kier molecular flexibility index (Phi) is 9.32.